The van der Waals surface area contributed by atoms with Crippen molar-refractivity contribution in [2.75, 3.05) is 0 Å². The van der Waals surface area contributed by atoms with Crippen LogP contribution in [0.1, 0.15) is 27.0 Å². The number of hydrogen-bond donors (Lipinski definition) is 0. The fourth-order valence-corrected chi connectivity index (χ4v) is 1.48. The smallest absolute Gasteiger partial charge is 0.153 e. The molecule has 2 nitrogen and oxygen atoms in total. The van der Waals surface area contributed by atoms with E-state index in [1.807, 2.05) is 13.8 Å². The van der Waals surface area contributed by atoms with Crippen LogP contribution in [0, 0.1) is 36.8 Å². The third-order valence-electron chi connectivity index (χ3n) is 2.52. The highest BCUT2D eigenvalue weighted by molar-refractivity contribution is 5.75. The van der Waals surface area contributed by atoms with Crippen LogP contribution in [0.3, 0.4) is 0 Å². The molecule has 0 aliphatic heterocycles. The molecule has 0 bridgehead atoms. The lowest BCUT2D eigenvalue weighted by molar-refractivity contribution is 0.111. The highest BCUT2D eigenvalue weighted by Gasteiger charge is 1.98. The molecule has 102 valence electrons. The summed E-state index contributed by atoms with van der Waals surface area (Å²) in [6, 6.07) is 10.7. The first-order valence-electron chi connectivity index (χ1n) is 5.85. The maximum Gasteiger partial charge on any atom is 0.153 e. The number of nitrogens with zero attached hydrogens (tertiary/aromatic N) is 1. The van der Waals surface area contributed by atoms with Gasteiger partial charge in [0.05, 0.1) is 11.1 Å². The van der Waals surface area contributed by atoms with Gasteiger partial charge in [0.1, 0.15) is 17.7 Å². The van der Waals surface area contributed by atoms with Crippen molar-refractivity contribution in [2.24, 2.45) is 0 Å². The van der Waals surface area contributed by atoms with Crippen molar-refractivity contribution < 1.29 is 13.6 Å². The predicted octanol–water partition coefficient (Wildman–Crippen LogP) is 3.95. The molecule has 2 aromatic rings. The summed E-state index contributed by atoms with van der Waals surface area (Å²) in [4.78, 5) is 10.1. The van der Waals surface area contributed by atoms with Crippen molar-refractivity contribution in [1.29, 1.82) is 5.26 Å². The van der Waals surface area contributed by atoms with Crippen LogP contribution in [0.25, 0.3) is 0 Å². The van der Waals surface area contributed by atoms with E-state index >= 15 is 0 Å². The minimum atomic E-state index is -0.458. The summed E-state index contributed by atoms with van der Waals surface area (Å²) >= 11 is 0. The zero-order valence-corrected chi connectivity index (χ0v) is 11.2. The minimum Gasteiger partial charge on any atom is -0.298 e. The topological polar surface area (TPSA) is 40.9 Å². The van der Waals surface area contributed by atoms with Gasteiger partial charge in [-0.1, -0.05) is 17.7 Å². The van der Waals surface area contributed by atoms with E-state index in [1.54, 1.807) is 18.2 Å². The zero-order valence-electron chi connectivity index (χ0n) is 11.2. The van der Waals surface area contributed by atoms with Crippen LogP contribution in [-0.2, 0) is 0 Å². The van der Waals surface area contributed by atoms with E-state index in [1.165, 1.54) is 24.3 Å². The molecule has 0 heterocycles. The van der Waals surface area contributed by atoms with Crippen LogP contribution >= 0.6 is 0 Å². The molecular formula is C16H13F2NO. The van der Waals surface area contributed by atoms with Crippen LogP contribution in [0.2, 0.25) is 0 Å². The molecule has 2 aromatic carbocycles. The Morgan fingerprint density at radius 3 is 2.00 bits per heavy atom. The van der Waals surface area contributed by atoms with Crippen molar-refractivity contribution in [3.05, 3.63) is 70.3 Å². The maximum absolute atomic E-state index is 12.5. The second kappa shape index (κ2) is 7.15. The molecule has 0 N–H and O–H groups in total. The van der Waals surface area contributed by atoms with Gasteiger partial charge in [-0.05, 0) is 43.7 Å². The summed E-state index contributed by atoms with van der Waals surface area (Å²) in [5.41, 5.74) is 2.03. The van der Waals surface area contributed by atoms with E-state index in [-0.39, 0.29) is 11.1 Å². The number of halogens is 2. The molecule has 0 spiro atoms. The Bertz CT molecular complexity index is 660. The van der Waals surface area contributed by atoms with Crippen molar-refractivity contribution in [2.45, 2.75) is 13.8 Å². The Morgan fingerprint density at radius 2 is 1.55 bits per heavy atom. The quantitative estimate of drug-likeness (QED) is 0.738. The summed E-state index contributed by atoms with van der Waals surface area (Å²) in [7, 11) is 0. The molecule has 0 fully saturated rings. The van der Waals surface area contributed by atoms with Gasteiger partial charge < -0.3 is 0 Å². The van der Waals surface area contributed by atoms with Crippen LogP contribution in [-0.4, -0.2) is 6.29 Å². The number of aldehydes is 1. The molecule has 0 unspecified atom stereocenters. The molecular weight excluding hydrogens is 260 g/mol. The average molecular weight is 273 g/mol. The molecule has 0 radical (unpaired) electrons. The van der Waals surface area contributed by atoms with Gasteiger partial charge in [-0.2, -0.15) is 5.26 Å². The number of carbonyl (C=O) groups is 1. The largest absolute Gasteiger partial charge is 0.298 e. The highest BCUT2D eigenvalue weighted by Crippen LogP contribution is 2.07. The van der Waals surface area contributed by atoms with Crippen LogP contribution in [0.5, 0.6) is 0 Å². The highest BCUT2D eigenvalue weighted by atomic mass is 19.1. The van der Waals surface area contributed by atoms with E-state index < -0.39 is 11.6 Å². The first kappa shape index (κ1) is 15.5. The van der Waals surface area contributed by atoms with E-state index in [4.69, 9.17) is 5.26 Å². The lowest BCUT2D eigenvalue weighted by Gasteiger charge is -1.94. The van der Waals surface area contributed by atoms with Crippen LogP contribution < -0.4 is 0 Å². The average Bonchev–Trinajstić information content (AvgIpc) is 2.44. The molecule has 0 aromatic heterocycles. The third kappa shape index (κ3) is 4.29. The fourth-order valence-electron chi connectivity index (χ4n) is 1.48. The summed E-state index contributed by atoms with van der Waals surface area (Å²) in [6.07, 6.45) is 0.516. The van der Waals surface area contributed by atoms with Gasteiger partial charge in [-0.25, -0.2) is 8.78 Å². The second-order valence-electron chi connectivity index (χ2n) is 4.24. The van der Waals surface area contributed by atoms with Gasteiger partial charge in [0.15, 0.2) is 6.29 Å². The van der Waals surface area contributed by atoms with Gasteiger partial charge in [-0.3, -0.25) is 4.79 Å². The summed E-state index contributed by atoms with van der Waals surface area (Å²) in [5, 5.41) is 8.35. The van der Waals surface area contributed by atoms with E-state index in [0.29, 0.717) is 6.29 Å². The monoisotopic (exact) mass is 273 g/mol. The van der Waals surface area contributed by atoms with Gasteiger partial charge in [0.25, 0.3) is 0 Å². The number of hydrogen-bond acceptors (Lipinski definition) is 2. The molecule has 0 aliphatic carbocycles. The van der Waals surface area contributed by atoms with E-state index in [2.05, 4.69) is 0 Å². The van der Waals surface area contributed by atoms with Crippen molar-refractivity contribution >= 4 is 6.29 Å². The lowest BCUT2D eigenvalue weighted by atomic mass is 10.1. The standard InChI is InChI=1S/C8H6FN.C8H7FO/c2*1-6-2-3-8(9)7(4-6)5-10/h2-4H,1H3;2-5H,1H3. The Balaban J connectivity index is 0.000000200. The fraction of sp³-hybridized carbons (Fsp3) is 0.125. The van der Waals surface area contributed by atoms with Gasteiger partial charge in [-0.15, -0.1) is 0 Å². The molecule has 0 atom stereocenters. The molecule has 0 aliphatic rings. The molecule has 0 amide bonds. The Hall–Kier alpha value is -2.54. The number of rotatable bonds is 1. The number of aryl methyl sites for hydroxylation is 2. The number of benzene rings is 2. The summed E-state index contributed by atoms with van der Waals surface area (Å²) in [6.45, 7) is 3.63. The van der Waals surface area contributed by atoms with Crippen LogP contribution in [0.15, 0.2) is 36.4 Å². The normalized spacial score (nSPS) is 9.15. The van der Waals surface area contributed by atoms with E-state index in [0.717, 1.165) is 11.1 Å². The van der Waals surface area contributed by atoms with Gasteiger partial charge in [0.2, 0.25) is 0 Å². The summed E-state index contributed by atoms with van der Waals surface area (Å²) < 4.78 is 25.1. The molecule has 0 saturated heterocycles. The maximum atomic E-state index is 12.5. The molecule has 0 saturated carbocycles. The number of nitriles is 1. The van der Waals surface area contributed by atoms with Crippen molar-refractivity contribution in [1.82, 2.24) is 0 Å². The lowest BCUT2D eigenvalue weighted by Crippen LogP contribution is -1.86. The van der Waals surface area contributed by atoms with Gasteiger partial charge >= 0.3 is 0 Å². The first-order chi connectivity index (χ1) is 9.47. The molecule has 4 heteroatoms. The number of carbonyl (C=O) groups excluding carboxylic acids is 1. The van der Waals surface area contributed by atoms with Crippen molar-refractivity contribution in [3.8, 4) is 6.07 Å². The first-order valence-corrected chi connectivity index (χ1v) is 5.85. The van der Waals surface area contributed by atoms with Crippen LogP contribution in [0.4, 0.5) is 8.78 Å². The summed E-state index contributed by atoms with van der Waals surface area (Å²) in [5.74, 6) is -0.909. The molecule has 2 rings (SSSR count). The zero-order chi connectivity index (χ0) is 15.1. The van der Waals surface area contributed by atoms with Gasteiger partial charge in [0, 0.05) is 0 Å². The second-order valence-corrected chi connectivity index (χ2v) is 4.24. The molecule has 20 heavy (non-hydrogen) atoms. The predicted molar refractivity (Wildman–Crippen MR) is 72.4 cm³/mol. The Morgan fingerprint density at radius 1 is 1.00 bits per heavy atom. The SMILES string of the molecule is Cc1ccc(F)c(C#N)c1.Cc1ccc(F)c(C=O)c1. The minimum absolute atomic E-state index is 0.111. The third-order valence-corrected chi connectivity index (χ3v) is 2.52. The van der Waals surface area contributed by atoms with E-state index in [9.17, 15) is 13.6 Å². The van der Waals surface area contributed by atoms with Crippen molar-refractivity contribution in [3.63, 3.8) is 0 Å². The Labute approximate surface area is 116 Å². The Kier molecular flexibility index (Phi) is 5.55.